The third kappa shape index (κ3) is 8.03. The largest absolute Gasteiger partial charge is 0.473 e. The van der Waals surface area contributed by atoms with Crippen LogP contribution in [0, 0.1) is 0 Å². The first-order valence-corrected chi connectivity index (χ1v) is 12.0. The Balaban J connectivity index is 0.000000757. The number of carbonyl (C=O) groups is 2. The number of nitrogens with zero attached hydrogens (tertiary/aromatic N) is 3. The molecule has 4 N–H and O–H groups in total. The number of aryl methyl sites for hydroxylation is 2. The maximum atomic E-state index is 12.7. The number of hydrogen-bond donors (Lipinski definition) is 4. The van der Waals surface area contributed by atoms with Crippen molar-refractivity contribution in [2.24, 2.45) is 0 Å². The molecule has 0 atom stereocenters. The molecule has 3 aromatic rings. The lowest BCUT2D eigenvalue weighted by Gasteiger charge is -2.10. The number of carboxylic acid groups (broad SMARTS) is 2. The number of halogens is 3. The number of carboxylic acids is 2. The molecule has 0 aliphatic rings. The Morgan fingerprint density at radius 2 is 1.63 bits per heavy atom. The molecule has 208 valence electrons. The van der Waals surface area contributed by atoms with E-state index in [1.165, 1.54) is 16.7 Å². The number of benzene rings is 1. The highest BCUT2D eigenvalue weighted by molar-refractivity contribution is 6.27. The highest BCUT2D eigenvalue weighted by atomic mass is 19.4. The fourth-order valence-corrected chi connectivity index (χ4v) is 3.63. The Morgan fingerprint density at radius 1 is 1.00 bits per heavy atom. The number of imidazole rings is 1. The lowest BCUT2D eigenvalue weighted by Crippen LogP contribution is -2.31. The highest BCUT2D eigenvalue weighted by Gasteiger charge is 2.29. The summed E-state index contributed by atoms with van der Waals surface area (Å²) < 4.78 is 41.4. The van der Waals surface area contributed by atoms with Crippen molar-refractivity contribution in [3.05, 3.63) is 62.1 Å². The van der Waals surface area contributed by atoms with Crippen molar-refractivity contribution in [1.29, 1.82) is 0 Å². The van der Waals surface area contributed by atoms with Gasteiger partial charge in [0.1, 0.15) is 5.82 Å². The molecule has 0 amide bonds. The molecule has 3 rings (SSSR count). The van der Waals surface area contributed by atoms with E-state index < -0.39 is 34.9 Å². The van der Waals surface area contributed by atoms with Crippen molar-refractivity contribution < 1.29 is 33.0 Å². The van der Waals surface area contributed by atoms with Gasteiger partial charge in [-0.2, -0.15) is 13.2 Å². The molecule has 2 aromatic heterocycles. The smallest absolute Gasteiger partial charge is 0.416 e. The van der Waals surface area contributed by atoms with Gasteiger partial charge in [0.25, 0.3) is 5.56 Å². The predicted molar refractivity (Wildman–Crippen MR) is 132 cm³/mol. The number of aromatic nitrogens is 4. The van der Waals surface area contributed by atoms with Crippen molar-refractivity contribution in [2.75, 3.05) is 6.54 Å². The maximum absolute atomic E-state index is 12.7. The van der Waals surface area contributed by atoms with Crippen LogP contribution < -0.4 is 16.6 Å². The zero-order valence-corrected chi connectivity index (χ0v) is 21.0. The highest BCUT2D eigenvalue weighted by Crippen LogP contribution is 2.29. The van der Waals surface area contributed by atoms with E-state index in [0.717, 1.165) is 37.0 Å². The van der Waals surface area contributed by atoms with Crippen LogP contribution in [-0.4, -0.2) is 47.8 Å². The Morgan fingerprint density at radius 3 is 2.16 bits per heavy atom. The maximum Gasteiger partial charge on any atom is 0.416 e. The van der Waals surface area contributed by atoms with Gasteiger partial charge < -0.3 is 20.1 Å². The van der Waals surface area contributed by atoms with Gasteiger partial charge in [0, 0.05) is 13.1 Å². The molecule has 0 radical (unpaired) electrons. The van der Waals surface area contributed by atoms with Crippen molar-refractivity contribution in [1.82, 2.24) is 24.4 Å². The average Bonchev–Trinajstić information content (AvgIpc) is 3.20. The minimum absolute atomic E-state index is 0.372. The van der Waals surface area contributed by atoms with Crippen molar-refractivity contribution in [3.8, 4) is 0 Å². The molecule has 0 aliphatic carbocycles. The van der Waals surface area contributed by atoms with Gasteiger partial charge in [0.05, 0.1) is 12.1 Å². The van der Waals surface area contributed by atoms with E-state index in [1.54, 1.807) is 0 Å². The average molecular weight is 542 g/mol. The van der Waals surface area contributed by atoms with Crippen LogP contribution in [0.4, 0.5) is 13.2 Å². The molecular formula is C24H30F3N5O6. The van der Waals surface area contributed by atoms with Gasteiger partial charge in [0.15, 0.2) is 11.2 Å². The van der Waals surface area contributed by atoms with E-state index in [1.807, 2.05) is 18.4 Å². The summed E-state index contributed by atoms with van der Waals surface area (Å²) in [5.74, 6) is -3.00. The quantitative estimate of drug-likeness (QED) is 0.225. The number of fused-ring (bicyclic) bond motifs is 1. The molecular weight excluding hydrogens is 511 g/mol. The summed E-state index contributed by atoms with van der Waals surface area (Å²) in [6.07, 6.45) is -1.31. The van der Waals surface area contributed by atoms with Crippen LogP contribution in [0.5, 0.6) is 0 Å². The van der Waals surface area contributed by atoms with E-state index in [9.17, 15) is 22.8 Å². The van der Waals surface area contributed by atoms with Gasteiger partial charge >= 0.3 is 23.8 Å². The molecule has 0 unspecified atom stereocenters. The zero-order chi connectivity index (χ0) is 28.5. The first kappa shape index (κ1) is 30.3. The molecule has 38 heavy (non-hydrogen) atoms. The summed E-state index contributed by atoms with van der Waals surface area (Å²) in [6, 6.07) is 5.11. The van der Waals surface area contributed by atoms with Gasteiger partial charge in [-0.05, 0) is 43.5 Å². The summed E-state index contributed by atoms with van der Waals surface area (Å²) in [7, 11) is 0. The summed E-state index contributed by atoms with van der Waals surface area (Å²) in [5.41, 5.74) is -0.00450. The third-order valence-electron chi connectivity index (χ3n) is 5.48. The van der Waals surface area contributed by atoms with Crippen LogP contribution in [0.15, 0.2) is 33.9 Å². The summed E-state index contributed by atoms with van der Waals surface area (Å²) in [6.45, 7) is 5.98. The SMILES string of the molecule is CCCCn1c(=O)[nH]c(=O)c2c1nc(CNCCc1ccc(C(F)(F)F)cc1)n2CCC.O=C(O)C(=O)O. The van der Waals surface area contributed by atoms with E-state index in [-0.39, 0.29) is 0 Å². The number of hydrogen-bond acceptors (Lipinski definition) is 6. The number of aromatic amines is 1. The third-order valence-corrected chi connectivity index (χ3v) is 5.48. The van der Waals surface area contributed by atoms with Crippen LogP contribution in [0.25, 0.3) is 11.2 Å². The lowest BCUT2D eigenvalue weighted by atomic mass is 10.1. The molecule has 0 aliphatic heterocycles. The van der Waals surface area contributed by atoms with Crippen LogP contribution in [-0.2, 0) is 41.8 Å². The van der Waals surface area contributed by atoms with E-state index in [4.69, 9.17) is 19.8 Å². The number of H-pyrrole nitrogens is 1. The number of unbranched alkanes of at least 4 members (excludes halogenated alkanes) is 1. The number of rotatable bonds is 10. The van der Waals surface area contributed by atoms with E-state index in [0.29, 0.717) is 49.6 Å². The fourth-order valence-electron chi connectivity index (χ4n) is 3.63. The molecule has 2 heterocycles. The van der Waals surface area contributed by atoms with Crippen molar-refractivity contribution >= 4 is 23.1 Å². The fraction of sp³-hybridized carbons (Fsp3) is 0.458. The summed E-state index contributed by atoms with van der Waals surface area (Å²) in [4.78, 5) is 50.0. The molecule has 0 fully saturated rings. The molecule has 14 heteroatoms. The van der Waals surface area contributed by atoms with Crippen LogP contribution >= 0.6 is 0 Å². The van der Waals surface area contributed by atoms with E-state index in [2.05, 4.69) is 15.3 Å². The molecule has 11 nitrogen and oxygen atoms in total. The Hall–Kier alpha value is -3.94. The van der Waals surface area contributed by atoms with Crippen LogP contribution in [0.1, 0.15) is 50.1 Å². The second kappa shape index (κ2) is 13.6. The minimum Gasteiger partial charge on any atom is -0.473 e. The summed E-state index contributed by atoms with van der Waals surface area (Å²) >= 11 is 0. The molecule has 0 bridgehead atoms. The van der Waals surface area contributed by atoms with E-state index >= 15 is 0 Å². The van der Waals surface area contributed by atoms with Crippen LogP contribution in [0.2, 0.25) is 0 Å². The minimum atomic E-state index is -4.34. The topological polar surface area (TPSA) is 159 Å². The first-order valence-electron chi connectivity index (χ1n) is 12.0. The Kier molecular flexibility index (Phi) is 10.8. The van der Waals surface area contributed by atoms with Gasteiger partial charge in [0.2, 0.25) is 0 Å². The van der Waals surface area contributed by atoms with Crippen molar-refractivity contribution in [2.45, 2.75) is 65.3 Å². The van der Waals surface area contributed by atoms with Gasteiger partial charge in [-0.3, -0.25) is 14.3 Å². The monoisotopic (exact) mass is 541 g/mol. The molecule has 1 aromatic carbocycles. The molecule has 0 saturated carbocycles. The predicted octanol–water partition coefficient (Wildman–Crippen LogP) is 2.60. The first-order chi connectivity index (χ1) is 17.9. The number of aliphatic carboxylic acids is 2. The molecule has 0 saturated heterocycles. The van der Waals surface area contributed by atoms with Crippen LogP contribution in [0.3, 0.4) is 0 Å². The Bertz CT molecular complexity index is 1350. The Labute approximate surface area is 214 Å². The second-order valence-corrected chi connectivity index (χ2v) is 8.35. The van der Waals surface area contributed by atoms with Crippen molar-refractivity contribution in [3.63, 3.8) is 0 Å². The number of nitrogens with one attached hydrogen (secondary N) is 2. The summed E-state index contributed by atoms with van der Waals surface area (Å²) in [5, 5.41) is 18.0. The standard InChI is InChI=1S/C22H28F3N5O2.C2H2O4/c1-3-5-13-30-19-18(20(31)28-21(30)32)29(12-4-2)17(27-19)14-26-11-10-15-6-8-16(9-7-15)22(23,24)25;3-1(4)2(5)6/h6-9,26H,3-5,10-14H2,1-2H3,(H,28,31,32);(H,3,4)(H,5,6). The van der Waals surface area contributed by atoms with Gasteiger partial charge in [-0.1, -0.05) is 32.4 Å². The van der Waals surface area contributed by atoms with Gasteiger partial charge in [-0.25, -0.2) is 19.4 Å². The zero-order valence-electron chi connectivity index (χ0n) is 21.0. The molecule has 0 spiro atoms. The number of alkyl halides is 3. The normalized spacial score (nSPS) is 11.3. The lowest BCUT2D eigenvalue weighted by molar-refractivity contribution is -0.159. The van der Waals surface area contributed by atoms with Gasteiger partial charge in [-0.15, -0.1) is 0 Å². The second-order valence-electron chi connectivity index (χ2n) is 8.35.